The minimum Gasteiger partial charge on any atom is -0.381 e. The Balaban J connectivity index is 2.62. The standard InChI is InChI=1S/C12H26N2O/c1-4-14(5-2)12(10-13)8-6-11(15-3)7-9-12/h11H,4-10,13H2,1-3H3. The number of nitrogens with zero attached hydrogens (tertiary/aromatic N) is 1. The fourth-order valence-electron chi connectivity index (χ4n) is 2.91. The van der Waals surface area contributed by atoms with Crippen molar-refractivity contribution < 1.29 is 4.74 Å². The molecule has 90 valence electrons. The van der Waals surface area contributed by atoms with Crippen LogP contribution in [-0.2, 0) is 4.74 Å². The molecular formula is C12H26N2O. The fraction of sp³-hybridized carbons (Fsp3) is 1.00. The lowest BCUT2D eigenvalue weighted by Gasteiger charge is -2.46. The van der Waals surface area contributed by atoms with Crippen LogP contribution in [0.2, 0.25) is 0 Å². The van der Waals surface area contributed by atoms with Crippen LogP contribution >= 0.6 is 0 Å². The first-order chi connectivity index (χ1) is 7.22. The molecule has 2 N–H and O–H groups in total. The topological polar surface area (TPSA) is 38.5 Å². The number of rotatable bonds is 5. The average molecular weight is 214 g/mol. The summed E-state index contributed by atoms with van der Waals surface area (Å²) in [6, 6.07) is 0. The van der Waals surface area contributed by atoms with Crippen LogP contribution in [0.15, 0.2) is 0 Å². The maximum Gasteiger partial charge on any atom is 0.0572 e. The Morgan fingerprint density at radius 3 is 2.13 bits per heavy atom. The first-order valence-electron chi connectivity index (χ1n) is 6.20. The second-order valence-electron chi connectivity index (χ2n) is 4.54. The van der Waals surface area contributed by atoms with Crippen molar-refractivity contribution >= 4 is 0 Å². The predicted octanol–water partition coefficient (Wildman–Crippen LogP) is 1.61. The largest absolute Gasteiger partial charge is 0.381 e. The molecule has 0 aliphatic heterocycles. The minimum atomic E-state index is 0.249. The summed E-state index contributed by atoms with van der Waals surface area (Å²) in [5.74, 6) is 0. The molecule has 3 nitrogen and oxygen atoms in total. The van der Waals surface area contributed by atoms with E-state index in [0.717, 1.165) is 32.5 Å². The van der Waals surface area contributed by atoms with Crippen LogP contribution in [0.4, 0.5) is 0 Å². The molecule has 0 aromatic carbocycles. The maximum absolute atomic E-state index is 5.99. The zero-order valence-electron chi connectivity index (χ0n) is 10.5. The zero-order chi connectivity index (χ0) is 11.3. The van der Waals surface area contributed by atoms with Crippen LogP contribution in [0.3, 0.4) is 0 Å². The summed E-state index contributed by atoms with van der Waals surface area (Å²) in [6.07, 6.45) is 5.14. The lowest BCUT2D eigenvalue weighted by atomic mass is 9.79. The smallest absolute Gasteiger partial charge is 0.0572 e. The number of methoxy groups -OCH3 is 1. The van der Waals surface area contributed by atoms with Gasteiger partial charge < -0.3 is 10.5 Å². The van der Waals surface area contributed by atoms with Gasteiger partial charge >= 0.3 is 0 Å². The minimum absolute atomic E-state index is 0.249. The molecule has 0 heterocycles. The normalized spacial score (nSPS) is 32.2. The third-order valence-electron chi connectivity index (χ3n) is 4.01. The summed E-state index contributed by atoms with van der Waals surface area (Å²) in [4.78, 5) is 2.53. The summed E-state index contributed by atoms with van der Waals surface area (Å²) in [7, 11) is 1.82. The van der Waals surface area contributed by atoms with Crippen molar-refractivity contribution in [3.05, 3.63) is 0 Å². The Labute approximate surface area is 94.0 Å². The van der Waals surface area contributed by atoms with Gasteiger partial charge in [-0.2, -0.15) is 0 Å². The quantitative estimate of drug-likeness (QED) is 0.755. The first kappa shape index (κ1) is 12.9. The van der Waals surface area contributed by atoms with Gasteiger partial charge in [-0.05, 0) is 38.8 Å². The highest BCUT2D eigenvalue weighted by molar-refractivity contribution is 4.95. The Morgan fingerprint density at radius 1 is 1.27 bits per heavy atom. The molecule has 0 spiro atoms. The molecule has 0 aromatic heterocycles. The van der Waals surface area contributed by atoms with E-state index >= 15 is 0 Å². The Kier molecular flexibility index (Phi) is 5.03. The highest BCUT2D eigenvalue weighted by Gasteiger charge is 2.37. The molecule has 1 aliphatic carbocycles. The second kappa shape index (κ2) is 5.83. The van der Waals surface area contributed by atoms with E-state index in [1.54, 1.807) is 0 Å². The maximum atomic E-state index is 5.99. The highest BCUT2D eigenvalue weighted by Crippen LogP contribution is 2.33. The van der Waals surface area contributed by atoms with Crippen LogP contribution in [0.5, 0.6) is 0 Å². The van der Waals surface area contributed by atoms with Gasteiger partial charge in [0.15, 0.2) is 0 Å². The average Bonchev–Trinajstić information content (AvgIpc) is 2.31. The van der Waals surface area contributed by atoms with Crippen LogP contribution in [0.1, 0.15) is 39.5 Å². The summed E-state index contributed by atoms with van der Waals surface area (Å²) in [6.45, 7) is 7.44. The molecule has 0 bridgehead atoms. The Bertz CT molecular complexity index is 172. The number of hydrogen-bond donors (Lipinski definition) is 1. The third-order valence-corrected chi connectivity index (χ3v) is 4.01. The first-order valence-corrected chi connectivity index (χ1v) is 6.20. The zero-order valence-corrected chi connectivity index (χ0v) is 10.5. The molecule has 0 radical (unpaired) electrons. The molecule has 0 saturated heterocycles. The molecule has 1 rings (SSSR count). The van der Waals surface area contributed by atoms with E-state index in [1.807, 2.05) is 7.11 Å². The number of nitrogens with two attached hydrogens (primary N) is 1. The Morgan fingerprint density at radius 2 is 1.80 bits per heavy atom. The fourth-order valence-corrected chi connectivity index (χ4v) is 2.91. The van der Waals surface area contributed by atoms with Gasteiger partial charge in [0.2, 0.25) is 0 Å². The van der Waals surface area contributed by atoms with E-state index in [-0.39, 0.29) is 5.54 Å². The molecule has 1 saturated carbocycles. The van der Waals surface area contributed by atoms with Gasteiger partial charge in [-0.3, -0.25) is 4.90 Å². The van der Waals surface area contributed by atoms with Gasteiger partial charge in [-0.1, -0.05) is 13.8 Å². The molecule has 15 heavy (non-hydrogen) atoms. The second-order valence-corrected chi connectivity index (χ2v) is 4.54. The third kappa shape index (κ3) is 2.71. The molecule has 1 aliphatic rings. The van der Waals surface area contributed by atoms with Gasteiger partial charge in [0.1, 0.15) is 0 Å². The van der Waals surface area contributed by atoms with Crippen LogP contribution in [0.25, 0.3) is 0 Å². The molecule has 0 unspecified atom stereocenters. The number of hydrogen-bond acceptors (Lipinski definition) is 3. The van der Waals surface area contributed by atoms with E-state index in [2.05, 4.69) is 18.7 Å². The summed E-state index contributed by atoms with van der Waals surface area (Å²) in [5.41, 5.74) is 6.24. The predicted molar refractivity (Wildman–Crippen MR) is 64.0 cm³/mol. The monoisotopic (exact) mass is 214 g/mol. The molecule has 1 fully saturated rings. The lowest BCUT2D eigenvalue weighted by molar-refractivity contribution is -0.00290. The van der Waals surface area contributed by atoms with Gasteiger partial charge in [-0.25, -0.2) is 0 Å². The SMILES string of the molecule is CCN(CC)C1(CN)CCC(OC)CC1. The van der Waals surface area contributed by atoms with Crippen molar-refractivity contribution in [2.45, 2.75) is 51.2 Å². The molecule has 0 aromatic rings. The summed E-state index contributed by atoms with van der Waals surface area (Å²) >= 11 is 0. The van der Waals surface area contributed by atoms with Crippen LogP contribution in [0, 0.1) is 0 Å². The number of ether oxygens (including phenoxy) is 1. The van der Waals surface area contributed by atoms with E-state index in [0.29, 0.717) is 6.10 Å². The lowest BCUT2D eigenvalue weighted by Crippen LogP contribution is -2.56. The number of likely N-dealkylation sites (N-methyl/N-ethyl adjacent to an activating group) is 1. The van der Waals surface area contributed by atoms with Crippen molar-refractivity contribution in [2.24, 2.45) is 5.73 Å². The van der Waals surface area contributed by atoms with Crippen LogP contribution < -0.4 is 5.73 Å². The van der Waals surface area contributed by atoms with Gasteiger partial charge in [0.05, 0.1) is 6.10 Å². The summed E-state index contributed by atoms with van der Waals surface area (Å²) < 4.78 is 5.42. The highest BCUT2D eigenvalue weighted by atomic mass is 16.5. The van der Waals surface area contributed by atoms with Crippen molar-refractivity contribution in [1.29, 1.82) is 0 Å². The Hall–Kier alpha value is -0.120. The van der Waals surface area contributed by atoms with E-state index in [9.17, 15) is 0 Å². The van der Waals surface area contributed by atoms with Crippen molar-refractivity contribution in [1.82, 2.24) is 4.90 Å². The van der Waals surface area contributed by atoms with Crippen molar-refractivity contribution in [3.8, 4) is 0 Å². The van der Waals surface area contributed by atoms with Crippen molar-refractivity contribution in [3.63, 3.8) is 0 Å². The molecule has 0 amide bonds. The van der Waals surface area contributed by atoms with Gasteiger partial charge in [0, 0.05) is 19.2 Å². The van der Waals surface area contributed by atoms with Gasteiger partial charge in [-0.15, -0.1) is 0 Å². The van der Waals surface area contributed by atoms with E-state index < -0.39 is 0 Å². The van der Waals surface area contributed by atoms with Crippen molar-refractivity contribution in [2.75, 3.05) is 26.7 Å². The van der Waals surface area contributed by atoms with Crippen LogP contribution in [-0.4, -0.2) is 43.3 Å². The molecule has 3 heteroatoms. The molecular weight excluding hydrogens is 188 g/mol. The summed E-state index contributed by atoms with van der Waals surface area (Å²) in [5, 5.41) is 0. The van der Waals surface area contributed by atoms with E-state index in [4.69, 9.17) is 10.5 Å². The van der Waals surface area contributed by atoms with E-state index in [1.165, 1.54) is 12.8 Å². The van der Waals surface area contributed by atoms with Gasteiger partial charge in [0.25, 0.3) is 0 Å². The molecule has 0 atom stereocenters.